The number of ether oxygens (including phenoxy) is 1. The van der Waals surface area contributed by atoms with Crippen LogP contribution in [0.25, 0.3) is 32.3 Å². The summed E-state index contributed by atoms with van der Waals surface area (Å²) in [7, 11) is 0. The molecule has 2 heteroatoms. The highest BCUT2D eigenvalue weighted by atomic mass is 16.5. The molecule has 0 aliphatic heterocycles. The molecular formula is C21H16O2. The fourth-order valence-electron chi connectivity index (χ4n) is 3.22. The summed E-state index contributed by atoms with van der Waals surface area (Å²) in [6, 6.07) is 19.0. The lowest BCUT2D eigenvalue weighted by Crippen LogP contribution is -2.05. The molecule has 0 spiro atoms. The van der Waals surface area contributed by atoms with Gasteiger partial charge >= 0.3 is 5.97 Å². The van der Waals surface area contributed by atoms with Crippen LogP contribution in [-0.2, 0) is 16.1 Å². The van der Waals surface area contributed by atoms with Gasteiger partial charge in [-0.15, -0.1) is 0 Å². The Balaban J connectivity index is 1.97. The first-order valence-corrected chi connectivity index (χ1v) is 7.63. The second kappa shape index (κ2) is 5.10. The van der Waals surface area contributed by atoms with Crippen molar-refractivity contribution in [1.29, 1.82) is 0 Å². The van der Waals surface area contributed by atoms with E-state index >= 15 is 0 Å². The van der Waals surface area contributed by atoms with Crippen LogP contribution in [0.2, 0.25) is 0 Å². The fourth-order valence-corrected chi connectivity index (χ4v) is 3.22. The van der Waals surface area contributed by atoms with Crippen molar-refractivity contribution in [2.45, 2.75) is 13.5 Å². The predicted molar refractivity (Wildman–Crippen MR) is 94.8 cm³/mol. The van der Waals surface area contributed by atoms with E-state index in [1.807, 2.05) is 6.07 Å². The van der Waals surface area contributed by atoms with E-state index in [9.17, 15) is 4.79 Å². The highest BCUT2D eigenvalue weighted by Crippen LogP contribution is 2.36. The van der Waals surface area contributed by atoms with Gasteiger partial charge in [-0.1, -0.05) is 55.1 Å². The molecule has 0 bridgehead atoms. The normalized spacial score (nSPS) is 11.3. The average molecular weight is 300 g/mol. The Morgan fingerprint density at radius 3 is 2.35 bits per heavy atom. The standard InChI is InChI=1S/C21H16O2/c1-13(2)21(22)23-12-17-11-16-7-3-5-14-9-10-15-6-4-8-18(17)20(15)19(14)16/h3-11H,1,12H2,2H3. The van der Waals surface area contributed by atoms with Gasteiger partial charge in [-0.2, -0.15) is 0 Å². The molecule has 0 saturated heterocycles. The number of esters is 1. The minimum absolute atomic E-state index is 0.259. The van der Waals surface area contributed by atoms with Gasteiger partial charge in [0.05, 0.1) is 0 Å². The smallest absolute Gasteiger partial charge is 0.333 e. The number of hydrogen-bond acceptors (Lipinski definition) is 2. The Morgan fingerprint density at radius 2 is 1.61 bits per heavy atom. The van der Waals surface area contributed by atoms with Gasteiger partial charge < -0.3 is 4.74 Å². The van der Waals surface area contributed by atoms with Crippen LogP contribution >= 0.6 is 0 Å². The summed E-state index contributed by atoms with van der Waals surface area (Å²) in [4.78, 5) is 11.7. The van der Waals surface area contributed by atoms with E-state index in [0.717, 1.165) is 10.9 Å². The van der Waals surface area contributed by atoms with E-state index in [1.54, 1.807) is 6.92 Å². The highest BCUT2D eigenvalue weighted by molar-refractivity contribution is 6.23. The van der Waals surface area contributed by atoms with E-state index in [-0.39, 0.29) is 12.6 Å². The Morgan fingerprint density at radius 1 is 0.957 bits per heavy atom. The quantitative estimate of drug-likeness (QED) is 0.295. The zero-order valence-corrected chi connectivity index (χ0v) is 12.9. The van der Waals surface area contributed by atoms with Crippen molar-refractivity contribution >= 4 is 38.3 Å². The van der Waals surface area contributed by atoms with E-state index < -0.39 is 0 Å². The molecule has 0 N–H and O–H groups in total. The molecule has 0 fully saturated rings. The van der Waals surface area contributed by atoms with Gasteiger partial charge in [0.1, 0.15) is 6.61 Å². The van der Waals surface area contributed by atoms with Crippen molar-refractivity contribution in [3.05, 3.63) is 72.3 Å². The minimum atomic E-state index is -0.352. The molecule has 0 saturated carbocycles. The Kier molecular flexibility index (Phi) is 3.05. The molecule has 2 nitrogen and oxygen atoms in total. The van der Waals surface area contributed by atoms with Crippen LogP contribution in [0.1, 0.15) is 12.5 Å². The number of benzene rings is 4. The first-order valence-electron chi connectivity index (χ1n) is 7.63. The maximum Gasteiger partial charge on any atom is 0.333 e. The van der Waals surface area contributed by atoms with Crippen molar-refractivity contribution in [2.75, 3.05) is 0 Å². The molecule has 112 valence electrons. The zero-order chi connectivity index (χ0) is 16.0. The highest BCUT2D eigenvalue weighted by Gasteiger charge is 2.12. The van der Waals surface area contributed by atoms with Crippen molar-refractivity contribution in [1.82, 2.24) is 0 Å². The Bertz CT molecular complexity index is 1060. The van der Waals surface area contributed by atoms with Crippen LogP contribution in [-0.4, -0.2) is 5.97 Å². The van der Waals surface area contributed by atoms with Gasteiger partial charge in [-0.05, 0) is 50.9 Å². The van der Waals surface area contributed by atoms with Gasteiger partial charge in [0.15, 0.2) is 0 Å². The summed E-state index contributed by atoms with van der Waals surface area (Å²) in [5.41, 5.74) is 1.44. The molecule has 0 aliphatic carbocycles. The van der Waals surface area contributed by atoms with E-state index in [4.69, 9.17) is 4.74 Å². The van der Waals surface area contributed by atoms with Crippen LogP contribution in [0.15, 0.2) is 66.7 Å². The zero-order valence-electron chi connectivity index (χ0n) is 12.9. The molecule has 0 unspecified atom stereocenters. The van der Waals surface area contributed by atoms with E-state index in [0.29, 0.717) is 5.57 Å². The lowest BCUT2D eigenvalue weighted by Gasteiger charge is -2.14. The van der Waals surface area contributed by atoms with Crippen LogP contribution in [0.4, 0.5) is 0 Å². The molecule has 0 aliphatic rings. The van der Waals surface area contributed by atoms with Gasteiger partial charge in [0, 0.05) is 5.57 Å². The minimum Gasteiger partial charge on any atom is -0.457 e. The van der Waals surface area contributed by atoms with E-state index in [1.165, 1.54) is 26.9 Å². The monoisotopic (exact) mass is 300 g/mol. The van der Waals surface area contributed by atoms with E-state index in [2.05, 4.69) is 55.1 Å². The number of rotatable bonds is 3. The maximum atomic E-state index is 11.7. The molecule has 4 rings (SSSR count). The fraction of sp³-hybridized carbons (Fsp3) is 0.0952. The lowest BCUT2D eigenvalue weighted by molar-refractivity contribution is -0.140. The van der Waals surface area contributed by atoms with Crippen molar-refractivity contribution in [2.24, 2.45) is 0 Å². The van der Waals surface area contributed by atoms with Crippen molar-refractivity contribution < 1.29 is 9.53 Å². The molecule has 4 aromatic rings. The van der Waals surface area contributed by atoms with Gasteiger partial charge in [0.25, 0.3) is 0 Å². The molecule has 0 aromatic heterocycles. The van der Waals surface area contributed by atoms with Gasteiger partial charge in [0.2, 0.25) is 0 Å². The summed E-state index contributed by atoms with van der Waals surface area (Å²) in [5.74, 6) is -0.352. The van der Waals surface area contributed by atoms with Crippen LogP contribution < -0.4 is 0 Å². The first-order chi connectivity index (χ1) is 11.1. The molecule has 4 aromatic carbocycles. The number of hydrogen-bond donors (Lipinski definition) is 0. The van der Waals surface area contributed by atoms with Crippen molar-refractivity contribution in [3.8, 4) is 0 Å². The third-order valence-electron chi connectivity index (χ3n) is 4.30. The Labute approximate surface area is 134 Å². The Hall–Kier alpha value is -2.87. The predicted octanol–water partition coefficient (Wildman–Crippen LogP) is 5.20. The molecule has 0 radical (unpaired) electrons. The van der Waals surface area contributed by atoms with Crippen LogP contribution in [0.3, 0.4) is 0 Å². The van der Waals surface area contributed by atoms with Crippen LogP contribution in [0.5, 0.6) is 0 Å². The third kappa shape index (κ3) is 2.15. The maximum absolute atomic E-state index is 11.7. The second-order valence-corrected chi connectivity index (χ2v) is 5.94. The summed E-state index contributed by atoms with van der Waals surface area (Å²) in [6.45, 7) is 5.55. The first kappa shape index (κ1) is 13.8. The molecule has 0 atom stereocenters. The third-order valence-corrected chi connectivity index (χ3v) is 4.30. The topological polar surface area (TPSA) is 26.3 Å². The summed E-state index contributed by atoms with van der Waals surface area (Å²) in [6.07, 6.45) is 0. The summed E-state index contributed by atoms with van der Waals surface area (Å²) < 4.78 is 5.38. The lowest BCUT2D eigenvalue weighted by atomic mass is 9.91. The van der Waals surface area contributed by atoms with Crippen LogP contribution in [0, 0.1) is 0 Å². The SMILES string of the molecule is C=C(C)C(=O)OCc1cc2cccc3ccc4cccc1c4c32. The number of carbonyl (C=O) groups is 1. The van der Waals surface area contributed by atoms with Gasteiger partial charge in [-0.3, -0.25) is 0 Å². The second-order valence-electron chi connectivity index (χ2n) is 5.94. The number of carbonyl (C=O) groups excluding carboxylic acids is 1. The molecule has 0 amide bonds. The van der Waals surface area contributed by atoms with Gasteiger partial charge in [-0.25, -0.2) is 4.79 Å². The average Bonchev–Trinajstić information content (AvgIpc) is 2.57. The summed E-state index contributed by atoms with van der Waals surface area (Å²) >= 11 is 0. The summed E-state index contributed by atoms with van der Waals surface area (Å²) in [5, 5.41) is 7.27. The molecule has 0 heterocycles. The van der Waals surface area contributed by atoms with Crippen molar-refractivity contribution in [3.63, 3.8) is 0 Å². The largest absolute Gasteiger partial charge is 0.457 e. The molecule has 23 heavy (non-hydrogen) atoms. The molecular weight excluding hydrogens is 284 g/mol.